The third-order valence-corrected chi connectivity index (χ3v) is 7.11. The van der Waals surface area contributed by atoms with Gasteiger partial charge in [0.25, 0.3) is 0 Å². The summed E-state index contributed by atoms with van der Waals surface area (Å²) in [7, 11) is 0. The van der Waals surface area contributed by atoms with Crippen molar-refractivity contribution in [3.8, 4) is 0 Å². The van der Waals surface area contributed by atoms with Crippen molar-refractivity contribution in [2.24, 2.45) is 28.7 Å². The van der Waals surface area contributed by atoms with Crippen molar-refractivity contribution >= 4 is 23.4 Å². The van der Waals surface area contributed by atoms with Crippen LogP contribution in [-0.2, 0) is 14.4 Å². The number of aliphatic hydroxyl groups excluding tert-OH is 1. The number of nitrogens with zero attached hydrogens (tertiary/aromatic N) is 2. The van der Waals surface area contributed by atoms with Crippen LogP contribution in [0.3, 0.4) is 0 Å². The number of hydrogen-bond acceptors (Lipinski definition) is 6. The van der Waals surface area contributed by atoms with Gasteiger partial charge in [-0.15, -0.1) is 0 Å². The van der Waals surface area contributed by atoms with Gasteiger partial charge < -0.3 is 26.8 Å². The fourth-order valence-corrected chi connectivity index (χ4v) is 4.26. The highest BCUT2D eigenvalue weighted by molar-refractivity contribution is 5.96. The molecule has 0 bridgehead atoms. The molecule has 0 aromatic heterocycles. The molecule has 202 valence electrons. The van der Waals surface area contributed by atoms with E-state index in [2.05, 4.69) is 5.32 Å². The molecule has 6 N–H and O–H groups in total. The molecular weight excluding hydrogens is 465 g/mol. The van der Waals surface area contributed by atoms with Crippen LogP contribution in [0.15, 0.2) is 24.3 Å². The van der Waals surface area contributed by atoms with Crippen molar-refractivity contribution in [2.75, 3.05) is 31.1 Å². The summed E-state index contributed by atoms with van der Waals surface area (Å²) in [5, 5.41) is 13.7. The quantitative estimate of drug-likeness (QED) is 0.355. The molecule has 1 saturated heterocycles. The van der Waals surface area contributed by atoms with Crippen LogP contribution < -0.4 is 21.7 Å². The molecule has 1 aliphatic rings. The summed E-state index contributed by atoms with van der Waals surface area (Å²) in [5.74, 6) is -2.11. The summed E-state index contributed by atoms with van der Waals surface area (Å²) in [6, 6.07) is 5.45. The van der Waals surface area contributed by atoms with Gasteiger partial charge in [0.05, 0.1) is 23.8 Å². The Morgan fingerprint density at radius 1 is 1.25 bits per heavy atom. The molecule has 0 unspecified atom stereocenters. The van der Waals surface area contributed by atoms with Gasteiger partial charge in [0.1, 0.15) is 5.82 Å². The predicted molar refractivity (Wildman–Crippen MR) is 137 cm³/mol. The van der Waals surface area contributed by atoms with Gasteiger partial charge in [-0.25, -0.2) is 4.39 Å². The highest BCUT2D eigenvalue weighted by Gasteiger charge is 2.40. The number of anilines is 1. The number of hydrogen-bond donors (Lipinski definition) is 4. The lowest BCUT2D eigenvalue weighted by atomic mass is 9.86. The Morgan fingerprint density at radius 3 is 2.42 bits per heavy atom. The van der Waals surface area contributed by atoms with E-state index in [4.69, 9.17) is 11.5 Å². The van der Waals surface area contributed by atoms with Crippen molar-refractivity contribution in [3.05, 3.63) is 30.1 Å². The summed E-state index contributed by atoms with van der Waals surface area (Å²) < 4.78 is 14.3. The standard InChI is InChI=1S/C26H42FN5O4/c1-16(2)17(23(35)30-14-25(3,4)24(29)36)11-21(33)19(28)12-31-13-22(34)32(15-26(31,5)6)20-10-8-7-9-18(20)27/h7-10,16-17,19,21,33H,11-15,28H2,1-6H3,(H2,29,36)(H,30,35)/t17-,19-,21-/m0/s1. The molecule has 36 heavy (non-hydrogen) atoms. The first kappa shape index (κ1) is 29.7. The summed E-state index contributed by atoms with van der Waals surface area (Å²) in [6.45, 7) is 11.6. The van der Waals surface area contributed by atoms with Crippen LogP contribution in [0.25, 0.3) is 0 Å². The van der Waals surface area contributed by atoms with Crippen molar-refractivity contribution < 1.29 is 23.9 Å². The van der Waals surface area contributed by atoms with Crippen molar-refractivity contribution in [3.63, 3.8) is 0 Å². The Morgan fingerprint density at radius 2 is 1.86 bits per heavy atom. The largest absolute Gasteiger partial charge is 0.391 e. The van der Waals surface area contributed by atoms with Gasteiger partial charge in [-0.3, -0.25) is 19.3 Å². The van der Waals surface area contributed by atoms with E-state index in [9.17, 15) is 23.9 Å². The third kappa shape index (κ3) is 7.24. The molecular formula is C26H42FN5O4. The minimum Gasteiger partial charge on any atom is -0.391 e. The van der Waals surface area contributed by atoms with Crippen molar-refractivity contribution in [1.29, 1.82) is 0 Å². The van der Waals surface area contributed by atoms with E-state index in [1.807, 2.05) is 32.6 Å². The second-order valence-corrected chi connectivity index (χ2v) is 11.4. The van der Waals surface area contributed by atoms with Crippen LogP contribution in [0.1, 0.15) is 48.0 Å². The highest BCUT2D eigenvalue weighted by atomic mass is 19.1. The minimum atomic E-state index is -0.997. The Kier molecular flexibility index (Phi) is 9.61. The molecule has 1 aromatic rings. The van der Waals surface area contributed by atoms with E-state index in [1.165, 1.54) is 11.0 Å². The smallest absolute Gasteiger partial charge is 0.241 e. The Hall–Kier alpha value is -2.56. The average Bonchev–Trinajstić information content (AvgIpc) is 2.78. The van der Waals surface area contributed by atoms with Gasteiger partial charge in [-0.1, -0.05) is 26.0 Å². The zero-order valence-corrected chi connectivity index (χ0v) is 22.3. The summed E-state index contributed by atoms with van der Waals surface area (Å²) >= 11 is 0. The molecule has 1 aromatic carbocycles. The van der Waals surface area contributed by atoms with E-state index in [0.29, 0.717) is 0 Å². The number of primary amides is 1. The summed E-state index contributed by atoms with van der Waals surface area (Å²) in [6.07, 6.45) is -0.867. The molecule has 0 aliphatic carbocycles. The molecule has 10 heteroatoms. The zero-order valence-electron chi connectivity index (χ0n) is 22.3. The van der Waals surface area contributed by atoms with E-state index in [0.717, 1.165) is 0 Å². The molecule has 3 atom stereocenters. The number of rotatable bonds is 11. The second-order valence-electron chi connectivity index (χ2n) is 11.4. The number of piperazine rings is 1. The number of carbonyl (C=O) groups excluding carboxylic acids is 3. The Labute approximate surface area is 213 Å². The van der Waals surface area contributed by atoms with E-state index >= 15 is 0 Å². The summed E-state index contributed by atoms with van der Waals surface area (Å²) in [4.78, 5) is 40.6. The number of nitrogens with one attached hydrogen (secondary N) is 1. The first-order valence-corrected chi connectivity index (χ1v) is 12.4. The highest BCUT2D eigenvalue weighted by Crippen LogP contribution is 2.29. The second kappa shape index (κ2) is 11.7. The molecule has 0 saturated carbocycles. The SMILES string of the molecule is CC(C)[C@H](C[C@H](O)[C@@H](N)CN1CC(=O)N(c2ccccc2F)CC1(C)C)C(=O)NCC(C)(C)C(N)=O. The van der Waals surface area contributed by atoms with E-state index in [1.54, 1.807) is 32.0 Å². The van der Waals surface area contributed by atoms with Crippen molar-refractivity contribution in [2.45, 2.75) is 65.6 Å². The number of para-hydroxylation sites is 1. The number of carbonyl (C=O) groups is 3. The molecule has 1 fully saturated rings. The van der Waals surface area contributed by atoms with Gasteiger partial charge in [0, 0.05) is 37.1 Å². The maximum atomic E-state index is 14.3. The zero-order chi connectivity index (χ0) is 27.4. The monoisotopic (exact) mass is 507 g/mol. The number of aliphatic hydroxyl groups is 1. The topological polar surface area (TPSA) is 142 Å². The number of amides is 3. The van der Waals surface area contributed by atoms with Gasteiger partial charge in [0.15, 0.2) is 0 Å². The van der Waals surface area contributed by atoms with Crippen LogP contribution >= 0.6 is 0 Å². The van der Waals surface area contributed by atoms with Gasteiger partial charge in [-0.2, -0.15) is 0 Å². The fourth-order valence-electron chi connectivity index (χ4n) is 4.26. The van der Waals surface area contributed by atoms with E-state index < -0.39 is 40.7 Å². The maximum absolute atomic E-state index is 14.3. The first-order valence-electron chi connectivity index (χ1n) is 12.4. The maximum Gasteiger partial charge on any atom is 0.241 e. The Bertz CT molecular complexity index is 952. The van der Waals surface area contributed by atoms with E-state index in [-0.39, 0.29) is 56.0 Å². The van der Waals surface area contributed by atoms with Crippen LogP contribution in [0.4, 0.5) is 10.1 Å². The molecule has 0 spiro atoms. The number of benzene rings is 1. The molecule has 1 aliphatic heterocycles. The predicted octanol–water partition coefficient (Wildman–Crippen LogP) is 1.23. The lowest BCUT2D eigenvalue weighted by Gasteiger charge is -2.47. The molecule has 2 rings (SSSR count). The minimum absolute atomic E-state index is 0.0258. The number of nitrogens with two attached hydrogens (primary N) is 2. The molecule has 1 heterocycles. The van der Waals surface area contributed by atoms with Gasteiger partial charge in [0.2, 0.25) is 17.7 Å². The van der Waals surface area contributed by atoms with Crippen molar-refractivity contribution in [1.82, 2.24) is 10.2 Å². The number of halogens is 1. The van der Waals surface area contributed by atoms with Crippen LogP contribution in [-0.4, -0.2) is 71.6 Å². The van der Waals surface area contributed by atoms with Gasteiger partial charge in [-0.05, 0) is 52.2 Å². The van der Waals surface area contributed by atoms with Gasteiger partial charge >= 0.3 is 0 Å². The third-order valence-electron chi connectivity index (χ3n) is 7.11. The normalized spacial score (nSPS) is 19.2. The first-order chi connectivity index (χ1) is 16.6. The Balaban J connectivity index is 2.03. The molecule has 0 radical (unpaired) electrons. The average molecular weight is 508 g/mol. The van der Waals surface area contributed by atoms with Crippen LogP contribution in [0.5, 0.6) is 0 Å². The lowest BCUT2D eigenvalue weighted by molar-refractivity contribution is -0.130. The van der Waals surface area contributed by atoms with Crippen LogP contribution in [0.2, 0.25) is 0 Å². The fraction of sp³-hybridized carbons (Fsp3) is 0.654. The molecule has 9 nitrogen and oxygen atoms in total. The van der Waals surface area contributed by atoms with Crippen LogP contribution in [0, 0.1) is 23.1 Å². The summed E-state index contributed by atoms with van der Waals surface area (Å²) in [5.41, 5.74) is 10.6. The molecule has 3 amide bonds. The lowest BCUT2D eigenvalue weighted by Crippen LogP contribution is -2.64.